The highest BCUT2D eigenvalue weighted by molar-refractivity contribution is 5.71. The van der Waals surface area contributed by atoms with Crippen molar-refractivity contribution in [1.82, 2.24) is 10.2 Å². The van der Waals surface area contributed by atoms with Gasteiger partial charge < -0.3 is 25.2 Å². The molecule has 7 heteroatoms. The van der Waals surface area contributed by atoms with Crippen LogP contribution in [0.5, 0.6) is 5.75 Å². The monoisotopic (exact) mass is 434 g/mol. The molecule has 0 spiro atoms. The minimum Gasteiger partial charge on any atom is -0.481 e. The highest BCUT2D eigenvalue weighted by Crippen LogP contribution is 2.42. The fourth-order valence-corrected chi connectivity index (χ4v) is 4.64. The number of hydrogen-bond donors (Lipinski definition) is 3. The Labute approximate surface area is 185 Å². The molecular weight excluding hydrogens is 396 g/mol. The predicted octanol–water partition coefficient (Wildman–Crippen LogP) is 3.85. The number of ether oxygens (including phenoxy) is 1. The number of carboxylic acid groups (broad SMARTS) is 1. The van der Waals surface area contributed by atoms with E-state index in [4.69, 9.17) is 9.84 Å². The van der Waals surface area contributed by atoms with Crippen molar-refractivity contribution in [3.05, 3.63) is 29.8 Å². The van der Waals surface area contributed by atoms with Gasteiger partial charge in [0, 0.05) is 25.4 Å². The van der Waals surface area contributed by atoms with Gasteiger partial charge in [0.15, 0.2) is 0 Å². The maximum atomic E-state index is 12.3. The van der Waals surface area contributed by atoms with E-state index in [9.17, 15) is 14.7 Å². The third-order valence-corrected chi connectivity index (χ3v) is 5.97. The summed E-state index contributed by atoms with van der Waals surface area (Å²) in [5.41, 5.74) is -0.171. The van der Waals surface area contributed by atoms with Gasteiger partial charge in [0.1, 0.15) is 5.75 Å². The summed E-state index contributed by atoms with van der Waals surface area (Å²) in [5, 5.41) is 23.3. The Hall–Kier alpha value is -2.12. The zero-order chi connectivity index (χ0) is 23.0. The van der Waals surface area contributed by atoms with Gasteiger partial charge in [-0.1, -0.05) is 38.8 Å². The molecule has 0 radical (unpaired) electrons. The first-order chi connectivity index (χ1) is 14.6. The van der Waals surface area contributed by atoms with Crippen molar-refractivity contribution in [2.45, 2.75) is 58.0 Å². The Bertz CT molecular complexity index is 736. The summed E-state index contributed by atoms with van der Waals surface area (Å²) in [6, 6.07) is 7.13. The maximum absolute atomic E-state index is 12.3. The van der Waals surface area contributed by atoms with Gasteiger partial charge in [-0.25, -0.2) is 4.79 Å². The topological polar surface area (TPSA) is 99.1 Å². The van der Waals surface area contributed by atoms with Crippen LogP contribution in [0, 0.1) is 17.8 Å². The summed E-state index contributed by atoms with van der Waals surface area (Å²) in [4.78, 5) is 25.5. The van der Waals surface area contributed by atoms with Crippen LogP contribution in [0.2, 0.25) is 0 Å². The van der Waals surface area contributed by atoms with Crippen LogP contribution in [0.4, 0.5) is 4.79 Å². The second-order valence-electron chi connectivity index (χ2n) is 9.52. The number of nitrogens with zero attached hydrogens (tertiary/aromatic N) is 1. The van der Waals surface area contributed by atoms with Crippen molar-refractivity contribution in [1.29, 1.82) is 0 Å². The zero-order valence-electron chi connectivity index (χ0n) is 19.3. The van der Waals surface area contributed by atoms with Crippen LogP contribution in [0.25, 0.3) is 0 Å². The third-order valence-electron chi connectivity index (χ3n) is 5.97. The number of carboxylic acids is 1. The molecule has 0 saturated heterocycles. The number of rotatable bonds is 10. The molecule has 3 N–H and O–H groups in total. The quantitative estimate of drug-likeness (QED) is 0.517. The van der Waals surface area contributed by atoms with Gasteiger partial charge in [0.25, 0.3) is 0 Å². The lowest BCUT2D eigenvalue weighted by Crippen LogP contribution is -2.43. The van der Waals surface area contributed by atoms with Crippen molar-refractivity contribution in [2.75, 3.05) is 27.2 Å². The van der Waals surface area contributed by atoms with Crippen molar-refractivity contribution >= 4 is 12.1 Å². The smallest absolute Gasteiger partial charge is 0.412 e. The lowest BCUT2D eigenvalue weighted by Gasteiger charge is -2.41. The number of hydrogen-bond acceptors (Lipinski definition) is 5. The van der Waals surface area contributed by atoms with E-state index in [0.717, 1.165) is 31.4 Å². The van der Waals surface area contributed by atoms with Gasteiger partial charge in [0.2, 0.25) is 0 Å². The lowest BCUT2D eigenvalue weighted by atomic mass is 9.71. The molecule has 7 nitrogen and oxygen atoms in total. The van der Waals surface area contributed by atoms with E-state index in [-0.39, 0.29) is 24.8 Å². The van der Waals surface area contributed by atoms with Crippen LogP contribution in [-0.2, 0) is 10.4 Å². The average molecular weight is 435 g/mol. The Kier molecular flexibility index (Phi) is 9.32. The molecule has 1 saturated carbocycles. The van der Waals surface area contributed by atoms with Crippen LogP contribution in [0.1, 0.15) is 57.9 Å². The molecule has 1 aromatic rings. The van der Waals surface area contributed by atoms with Crippen LogP contribution < -0.4 is 10.1 Å². The van der Waals surface area contributed by atoms with Gasteiger partial charge >= 0.3 is 12.1 Å². The van der Waals surface area contributed by atoms with E-state index >= 15 is 0 Å². The molecular formula is C24H38N2O5. The largest absolute Gasteiger partial charge is 0.481 e. The van der Waals surface area contributed by atoms with Gasteiger partial charge in [-0.3, -0.25) is 4.79 Å². The summed E-state index contributed by atoms with van der Waals surface area (Å²) in [5.74, 6) is -0.192. The van der Waals surface area contributed by atoms with E-state index in [2.05, 4.69) is 10.2 Å². The van der Waals surface area contributed by atoms with Crippen LogP contribution >= 0.6 is 0 Å². The SMILES string of the molecule is CC(C)CC(CNC(=O)Oc1cccc([C@]2(O)CCCC[C@@H]2CN(C)C)c1)CC(=O)O. The summed E-state index contributed by atoms with van der Waals surface area (Å²) >= 11 is 0. The fourth-order valence-electron chi connectivity index (χ4n) is 4.64. The molecule has 1 aliphatic carbocycles. The summed E-state index contributed by atoms with van der Waals surface area (Å²) in [6.45, 7) is 5.09. The minimum absolute atomic E-state index is 0.00818. The maximum Gasteiger partial charge on any atom is 0.412 e. The van der Waals surface area contributed by atoms with Gasteiger partial charge in [-0.15, -0.1) is 0 Å². The Balaban J connectivity index is 2.04. The molecule has 174 valence electrons. The number of aliphatic carboxylic acids is 1. The summed E-state index contributed by atoms with van der Waals surface area (Å²) in [7, 11) is 4.02. The van der Waals surface area contributed by atoms with Gasteiger partial charge in [-0.2, -0.15) is 0 Å². The molecule has 1 amide bonds. The first-order valence-corrected chi connectivity index (χ1v) is 11.2. The van der Waals surface area contributed by atoms with Crippen LogP contribution in [-0.4, -0.2) is 54.4 Å². The molecule has 0 aliphatic heterocycles. The molecule has 1 aliphatic rings. The van der Waals surface area contributed by atoms with Gasteiger partial charge in [0.05, 0.1) is 5.60 Å². The van der Waals surface area contributed by atoms with E-state index in [0.29, 0.717) is 24.5 Å². The first kappa shape index (κ1) is 25.1. The molecule has 0 aromatic heterocycles. The van der Waals surface area contributed by atoms with Crippen molar-refractivity contribution in [3.63, 3.8) is 0 Å². The van der Waals surface area contributed by atoms with E-state index in [1.54, 1.807) is 18.2 Å². The number of carbonyl (C=O) groups is 2. The third kappa shape index (κ3) is 7.82. The Morgan fingerprint density at radius 2 is 2.03 bits per heavy atom. The molecule has 31 heavy (non-hydrogen) atoms. The number of nitrogens with one attached hydrogen (secondary N) is 1. The molecule has 0 heterocycles. The lowest BCUT2D eigenvalue weighted by molar-refractivity contribution is -0.138. The number of carbonyl (C=O) groups excluding carboxylic acids is 1. The van der Waals surface area contributed by atoms with Crippen LogP contribution in [0.3, 0.4) is 0 Å². The minimum atomic E-state index is -0.942. The second-order valence-corrected chi connectivity index (χ2v) is 9.52. The zero-order valence-corrected chi connectivity index (χ0v) is 19.3. The molecule has 1 fully saturated rings. The molecule has 0 bridgehead atoms. The van der Waals surface area contributed by atoms with Crippen molar-refractivity contribution in [3.8, 4) is 5.75 Å². The van der Waals surface area contributed by atoms with Crippen LogP contribution in [0.15, 0.2) is 24.3 Å². The average Bonchev–Trinajstić information content (AvgIpc) is 2.67. The highest BCUT2D eigenvalue weighted by Gasteiger charge is 2.40. The van der Waals surface area contributed by atoms with Gasteiger partial charge in [-0.05, 0) is 62.9 Å². The summed E-state index contributed by atoms with van der Waals surface area (Å²) in [6.07, 6.45) is 3.82. The van der Waals surface area contributed by atoms with Crippen molar-refractivity contribution < 1.29 is 24.5 Å². The number of benzene rings is 1. The number of aliphatic hydroxyl groups is 1. The first-order valence-electron chi connectivity index (χ1n) is 11.2. The normalized spacial score (nSPS) is 22.4. The Morgan fingerprint density at radius 1 is 1.29 bits per heavy atom. The fraction of sp³-hybridized carbons (Fsp3) is 0.667. The Morgan fingerprint density at radius 3 is 2.68 bits per heavy atom. The molecule has 1 unspecified atom stereocenters. The molecule has 1 aromatic carbocycles. The van der Waals surface area contributed by atoms with E-state index < -0.39 is 17.7 Å². The van der Waals surface area contributed by atoms with E-state index in [1.807, 2.05) is 34.0 Å². The molecule has 2 rings (SSSR count). The van der Waals surface area contributed by atoms with Crippen molar-refractivity contribution in [2.24, 2.45) is 17.8 Å². The molecule has 3 atom stereocenters. The highest BCUT2D eigenvalue weighted by atomic mass is 16.6. The predicted molar refractivity (Wildman–Crippen MR) is 120 cm³/mol. The second kappa shape index (κ2) is 11.5. The number of amides is 1. The summed E-state index contributed by atoms with van der Waals surface area (Å²) < 4.78 is 5.45. The van der Waals surface area contributed by atoms with E-state index in [1.165, 1.54) is 0 Å². The standard InChI is InChI=1S/C24H38N2O5/c1-17(2)12-18(13-22(27)28)15-25-23(29)31-21-10-7-9-19(14-21)24(30)11-6-5-8-20(24)16-26(3)4/h7,9-10,14,17-18,20,30H,5-6,8,11-13,15-16H2,1-4H3,(H,25,29)(H,27,28)/t18?,20-,24-/m1/s1.